The maximum atomic E-state index is 12.3. The molecule has 1 amide bonds. The second-order valence-electron chi connectivity index (χ2n) is 8.32. The molecule has 1 N–H and O–H groups in total. The Morgan fingerprint density at radius 3 is 2.26 bits per heavy atom. The highest BCUT2D eigenvalue weighted by Crippen LogP contribution is 2.27. The van der Waals surface area contributed by atoms with E-state index >= 15 is 0 Å². The number of hydrogen-bond acceptors (Lipinski definition) is 8. The molecule has 0 aliphatic heterocycles. The molecule has 1 fully saturated rings. The molecular formula is C21H28N2O8. The average Bonchev–Trinajstić information content (AvgIpc) is 2.67. The predicted molar refractivity (Wildman–Crippen MR) is 109 cm³/mol. The quantitative estimate of drug-likeness (QED) is 0.297. The van der Waals surface area contributed by atoms with Crippen LogP contribution in [0.15, 0.2) is 24.3 Å². The van der Waals surface area contributed by atoms with E-state index in [1.165, 1.54) is 24.3 Å². The van der Waals surface area contributed by atoms with Gasteiger partial charge >= 0.3 is 12.1 Å². The van der Waals surface area contributed by atoms with Gasteiger partial charge in [-0.1, -0.05) is 0 Å². The molecule has 0 radical (unpaired) electrons. The van der Waals surface area contributed by atoms with Crippen LogP contribution < -0.4 is 10.1 Å². The highest BCUT2D eigenvalue weighted by molar-refractivity contribution is 5.79. The number of nitrogens with zero attached hydrogens (tertiary/aromatic N) is 1. The SMILES string of the molecule is CC(C)(C)OC(=O)CCNC(=O)C1CCC(OC(=O)Oc2ccc([N+](=O)[O-])cc2)CC1. The number of hydrogen-bond donors (Lipinski definition) is 1. The van der Waals surface area contributed by atoms with Crippen molar-refractivity contribution in [3.05, 3.63) is 34.4 Å². The fourth-order valence-electron chi connectivity index (χ4n) is 3.16. The average molecular weight is 436 g/mol. The van der Waals surface area contributed by atoms with Crippen LogP contribution in [0, 0.1) is 16.0 Å². The zero-order valence-corrected chi connectivity index (χ0v) is 17.9. The zero-order chi connectivity index (χ0) is 23.0. The zero-order valence-electron chi connectivity index (χ0n) is 17.9. The summed E-state index contributed by atoms with van der Waals surface area (Å²) in [6.45, 7) is 5.56. The molecule has 10 heteroatoms. The van der Waals surface area contributed by atoms with Crippen molar-refractivity contribution in [1.82, 2.24) is 5.32 Å². The number of nitro benzene ring substituents is 1. The number of nitro groups is 1. The van der Waals surface area contributed by atoms with E-state index in [0.717, 1.165) is 0 Å². The van der Waals surface area contributed by atoms with Crippen LogP contribution in [0.3, 0.4) is 0 Å². The van der Waals surface area contributed by atoms with E-state index in [1.54, 1.807) is 20.8 Å². The Morgan fingerprint density at radius 1 is 1.10 bits per heavy atom. The topological polar surface area (TPSA) is 134 Å². The second kappa shape index (κ2) is 10.7. The molecule has 2 rings (SSSR count). The van der Waals surface area contributed by atoms with E-state index in [4.69, 9.17) is 14.2 Å². The molecule has 1 aromatic rings. The lowest BCUT2D eigenvalue weighted by Gasteiger charge is -2.27. The number of carbonyl (C=O) groups excluding carboxylic acids is 3. The summed E-state index contributed by atoms with van der Waals surface area (Å²) in [4.78, 5) is 45.9. The summed E-state index contributed by atoms with van der Waals surface area (Å²) >= 11 is 0. The predicted octanol–water partition coefficient (Wildman–Crippen LogP) is 3.52. The van der Waals surface area contributed by atoms with Gasteiger partial charge in [-0.05, 0) is 58.6 Å². The van der Waals surface area contributed by atoms with Crippen LogP contribution in [-0.4, -0.2) is 41.2 Å². The molecule has 0 spiro atoms. The van der Waals surface area contributed by atoms with Crippen molar-refractivity contribution in [2.75, 3.05) is 6.54 Å². The number of nitrogens with one attached hydrogen (secondary N) is 1. The van der Waals surface area contributed by atoms with Gasteiger partial charge in [-0.2, -0.15) is 0 Å². The molecule has 1 saturated carbocycles. The minimum atomic E-state index is -0.890. The third kappa shape index (κ3) is 8.61. The molecule has 0 bridgehead atoms. The fourth-order valence-corrected chi connectivity index (χ4v) is 3.16. The second-order valence-corrected chi connectivity index (χ2v) is 8.32. The normalized spacial score (nSPS) is 18.5. The van der Waals surface area contributed by atoms with Crippen molar-refractivity contribution < 1.29 is 33.5 Å². The van der Waals surface area contributed by atoms with E-state index in [9.17, 15) is 24.5 Å². The number of benzene rings is 1. The van der Waals surface area contributed by atoms with Crippen LogP contribution in [0.2, 0.25) is 0 Å². The summed E-state index contributed by atoms with van der Waals surface area (Å²) in [5, 5.41) is 13.4. The third-order valence-electron chi connectivity index (χ3n) is 4.60. The Morgan fingerprint density at radius 2 is 1.71 bits per heavy atom. The number of non-ortho nitro benzene ring substituents is 1. The lowest BCUT2D eigenvalue weighted by molar-refractivity contribution is -0.384. The van der Waals surface area contributed by atoms with E-state index < -0.39 is 16.7 Å². The van der Waals surface area contributed by atoms with Gasteiger partial charge in [0.05, 0.1) is 11.3 Å². The van der Waals surface area contributed by atoms with Gasteiger partial charge in [-0.15, -0.1) is 0 Å². The Labute approximate surface area is 180 Å². The maximum Gasteiger partial charge on any atom is 0.514 e. The van der Waals surface area contributed by atoms with Crippen LogP contribution in [0.25, 0.3) is 0 Å². The molecule has 1 aliphatic rings. The first-order valence-corrected chi connectivity index (χ1v) is 10.2. The van der Waals surface area contributed by atoms with Crippen LogP contribution in [0.1, 0.15) is 52.9 Å². The first-order chi connectivity index (χ1) is 14.5. The van der Waals surface area contributed by atoms with Crippen LogP contribution in [-0.2, 0) is 19.1 Å². The first-order valence-electron chi connectivity index (χ1n) is 10.2. The Hall–Kier alpha value is -3.17. The lowest BCUT2D eigenvalue weighted by Crippen LogP contribution is -2.36. The third-order valence-corrected chi connectivity index (χ3v) is 4.60. The standard InChI is InChI=1S/C21H28N2O8/c1-21(2,3)31-18(24)12-13-22-19(25)14-4-8-16(9-5-14)29-20(26)30-17-10-6-15(7-11-17)23(27)28/h6-7,10-11,14,16H,4-5,8-9,12-13H2,1-3H3,(H,22,25). The van der Waals surface area contributed by atoms with Gasteiger partial charge in [-0.3, -0.25) is 19.7 Å². The molecule has 0 atom stereocenters. The summed E-state index contributed by atoms with van der Waals surface area (Å²) in [6, 6.07) is 5.10. The highest BCUT2D eigenvalue weighted by Gasteiger charge is 2.29. The van der Waals surface area contributed by atoms with Crippen molar-refractivity contribution in [2.24, 2.45) is 5.92 Å². The molecule has 1 aromatic carbocycles. The number of rotatable bonds is 7. The minimum absolute atomic E-state index is 0.107. The van der Waals surface area contributed by atoms with Gasteiger partial charge in [-0.25, -0.2) is 4.79 Å². The minimum Gasteiger partial charge on any atom is -0.460 e. The molecule has 1 aliphatic carbocycles. The smallest absolute Gasteiger partial charge is 0.460 e. The number of amides is 1. The van der Waals surface area contributed by atoms with Gasteiger partial charge in [0.25, 0.3) is 5.69 Å². The summed E-state index contributed by atoms with van der Waals surface area (Å²) in [6.07, 6.45) is 0.978. The summed E-state index contributed by atoms with van der Waals surface area (Å²) in [5.74, 6) is -0.551. The van der Waals surface area contributed by atoms with Crippen LogP contribution in [0.5, 0.6) is 5.75 Å². The number of ether oxygens (including phenoxy) is 3. The van der Waals surface area contributed by atoms with Crippen molar-refractivity contribution in [1.29, 1.82) is 0 Å². The molecule has 170 valence electrons. The number of esters is 1. The summed E-state index contributed by atoms with van der Waals surface area (Å²) in [5.41, 5.74) is -0.664. The van der Waals surface area contributed by atoms with E-state index in [2.05, 4.69) is 5.32 Å². The molecular weight excluding hydrogens is 408 g/mol. The first kappa shape index (κ1) is 24.1. The molecule has 31 heavy (non-hydrogen) atoms. The Bertz CT molecular complexity index is 793. The van der Waals surface area contributed by atoms with Crippen molar-refractivity contribution in [3.63, 3.8) is 0 Å². The molecule has 0 aromatic heterocycles. The van der Waals surface area contributed by atoms with Gasteiger partial charge in [0.15, 0.2) is 0 Å². The van der Waals surface area contributed by atoms with Crippen molar-refractivity contribution >= 4 is 23.7 Å². The van der Waals surface area contributed by atoms with Gasteiger partial charge in [0, 0.05) is 24.6 Å². The van der Waals surface area contributed by atoms with Gasteiger partial charge < -0.3 is 19.5 Å². The highest BCUT2D eigenvalue weighted by atomic mass is 16.7. The Balaban J connectivity index is 1.67. The van der Waals surface area contributed by atoms with Crippen LogP contribution >= 0.6 is 0 Å². The van der Waals surface area contributed by atoms with Gasteiger partial charge in [0.2, 0.25) is 5.91 Å². The van der Waals surface area contributed by atoms with E-state index in [-0.39, 0.29) is 48.3 Å². The van der Waals surface area contributed by atoms with Crippen molar-refractivity contribution in [3.8, 4) is 5.75 Å². The molecule has 10 nitrogen and oxygen atoms in total. The lowest BCUT2D eigenvalue weighted by atomic mass is 9.87. The Kier molecular flexibility index (Phi) is 8.35. The summed E-state index contributed by atoms with van der Waals surface area (Å²) < 4.78 is 15.5. The molecule has 0 unspecified atom stereocenters. The monoisotopic (exact) mass is 436 g/mol. The number of carbonyl (C=O) groups is 3. The maximum absolute atomic E-state index is 12.3. The largest absolute Gasteiger partial charge is 0.514 e. The van der Waals surface area contributed by atoms with Gasteiger partial charge in [0.1, 0.15) is 17.5 Å². The molecule has 0 saturated heterocycles. The summed E-state index contributed by atoms with van der Waals surface area (Å²) in [7, 11) is 0. The van der Waals surface area contributed by atoms with E-state index in [1.807, 2.05) is 0 Å². The van der Waals surface area contributed by atoms with E-state index in [0.29, 0.717) is 25.7 Å². The van der Waals surface area contributed by atoms with Crippen molar-refractivity contribution in [2.45, 2.75) is 64.6 Å². The fraction of sp³-hybridized carbons (Fsp3) is 0.571. The molecule has 0 heterocycles. The van der Waals surface area contributed by atoms with Crippen LogP contribution in [0.4, 0.5) is 10.5 Å².